The van der Waals surface area contributed by atoms with Gasteiger partial charge in [0.2, 0.25) is 0 Å². The van der Waals surface area contributed by atoms with E-state index in [1.165, 1.54) is 4.57 Å². The number of carbonyl (C=O) groups is 1. The second-order valence-corrected chi connectivity index (χ2v) is 6.64. The van der Waals surface area contributed by atoms with E-state index in [1.54, 1.807) is 25.2 Å². The molecule has 0 aliphatic carbocycles. The number of aromatic amines is 1. The van der Waals surface area contributed by atoms with Gasteiger partial charge in [-0.3, -0.25) is 14.2 Å². The predicted octanol–water partition coefficient (Wildman–Crippen LogP) is 2.85. The Bertz CT molecular complexity index is 1130. The van der Waals surface area contributed by atoms with Gasteiger partial charge < -0.3 is 15.0 Å². The van der Waals surface area contributed by atoms with Crippen molar-refractivity contribution in [2.75, 3.05) is 6.61 Å². The van der Waals surface area contributed by atoms with E-state index in [4.69, 9.17) is 17.0 Å². The normalized spacial score (nSPS) is 16.0. The number of carbonyl (C=O) groups excluding carboxylic acids is 1. The van der Waals surface area contributed by atoms with Crippen LogP contribution < -0.4 is 15.6 Å². The van der Waals surface area contributed by atoms with Gasteiger partial charge in [-0.2, -0.15) is 0 Å². The van der Waals surface area contributed by atoms with Crippen molar-refractivity contribution >= 4 is 29.0 Å². The number of hydrogen-bond acceptors (Lipinski definition) is 4. The van der Waals surface area contributed by atoms with Gasteiger partial charge >= 0.3 is 0 Å². The van der Waals surface area contributed by atoms with Gasteiger partial charge in [0.1, 0.15) is 5.75 Å². The van der Waals surface area contributed by atoms with Crippen LogP contribution in [0.1, 0.15) is 28.4 Å². The maximum Gasteiger partial charge on any atom is 0.261 e. The largest absolute Gasteiger partial charge is 0.493 e. The standard InChI is InChI=1S/C19H17N3O3S/c1-22-18(24)13-7-6-11(10-15(13)21-19(22)26)17(23)20-14-8-9-25-16-5-3-2-4-12(14)16/h2-7,10,14H,8-9H2,1H3,(H,20,23)(H,21,26)/t14-/m1/s1. The molecule has 26 heavy (non-hydrogen) atoms. The minimum absolute atomic E-state index is 0.106. The molecule has 0 radical (unpaired) electrons. The molecular formula is C19H17N3O3S. The van der Waals surface area contributed by atoms with Crippen molar-refractivity contribution in [3.63, 3.8) is 0 Å². The number of nitrogens with one attached hydrogen (secondary N) is 2. The zero-order chi connectivity index (χ0) is 18.3. The third-order valence-corrected chi connectivity index (χ3v) is 5.00. The van der Waals surface area contributed by atoms with Crippen molar-refractivity contribution < 1.29 is 9.53 Å². The van der Waals surface area contributed by atoms with Crippen molar-refractivity contribution in [1.82, 2.24) is 14.9 Å². The summed E-state index contributed by atoms with van der Waals surface area (Å²) in [6, 6.07) is 12.6. The van der Waals surface area contributed by atoms with Crippen LogP contribution in [0.25, 0.3) is 10.9 Å². The Balaban J connectivity index is 1.66. The molecule has 1 aromatic heterocycles. The van der Waals surface area contributed by atoms with Gasteiger partial charge in [0, 0.05) is 24.6 Å². The summed E-state index contributed by atoms with van der Waals surface area (Å²) < 4.78 is 7.32. The van der Waals surface area contributed by atoms with Gasteiger partial charge in [0.25, 0.3) is 11.5 Å². The van der Waals surface area contributed by atoms with Crippen LogP contribution in [0.4, 0.5) is 0 Å². The van der Waals surface area contributed by atoms with Gasteiger partial charge in [0.05, 0.1) is 23.6 Å². The summed E-state index contributed by atoms with van der Waals surface area (Å²) in [6.45, 7) is 0.558. The Labute approximate surface area is 154 Å². The summed E-state index contributed by atoms with van der Waals surface area (Å²) >= 11 is 5.14. The highest BCUT2D eigenvalue weighted by atomic mass is 32.1. The second-order valence-electron chi connectivity index (χ2n) is 6.26. The average molecular weight is 367 g/mol. The van der Waals surface area contributed by atoms with Gasteiger partial charge in [-0.25, -0.2) is 0 Å². The summed E-state index contributed by atoms with van der Waals surface area (Å²) in [7, 11) is 1.61. The van der Waals surface area contributed by atoms with E-state index in [0.717, 1.165) is 11.3 Å². The summed E-state index contributed by atoms with van der Waals surface area (Å²) in [5.41, 5.74) is 1.81. The number of hydrogen-bond donors (Lipinski definition) is 2. The number of aromatic nitrogens is 2. The van der Waals surface area contributed by atoms with E-state index in [0.29, 0.717) is 34.3 Å². The summed E-state index contributed by atoms with van der Waals surface area (Å²) in [5, 5.41) is 3.55. The molecule has 3 aromatic rings. The number of ether oxygens (including phenoxy) is 1. The third kappa shape index (κ3) is 2.80. The molecule has 0 saturated carbocycles. The number of benzene rings is 2. The van der Waals surface area contributed by atoms with E-state index in [2.05, 4.69) is 10.3 Å². The van der Waals surface area contributed by atoms with E-state index in [-0.39, 0.29) is 17.5 Å². The third-order valence-electron chi connectivity index (χ3n) is 4.63. The Hall–Kier alpha value is -2.93. The lowest BCUT2D eigenvalue weighted by molar-refractivity contribution is 0.0925. The minimum Gasteiger partial charge on any atom is -0.493 e. The number of fused-ring (bicyclic) bond motifs is 2. The number of amides is 1. The summed E-state index contributed by atoms with van der Waals surface area (Å²) in [6.07, 6.45) is 0.708. The highest BCUT2D eigenvalue weighted by molar-refractivity contribution is 7.71. The predicted molar refractivity (Wildman–Crippen MR) is 101 cm³/mol. The van der Waals surface area contributed by atoms with E-state index >= 15 is 0 Å². The molecule has 2 N–H and O–H groups in total. The zero-order valence-electron chi connectivity index (χ0n) is 14.1. The molecule has 2 aromatic carbocycles. The fourth-order valence-electron chi connectivity index (χ4n) is 3.18. The van der Waals surface area contributed by atoms with Crippen LogP contribution in [0, 0.1) is 4.77 Å². The Morgan fingerprint density at radius 1 is 1.31 bits per heavy atom. The highest BCUT2D eigenvalue weighted by Crippen LogP contribution is 2.31. The maximum absolute atomic E-state index is 12.7. The summed E-state index contributed by atoms with van der Waals surface area (Å²) in [4.78, 5) is 28.0. The lowest BCUT2D eigenvalue weighted by Crippen LogP contribution is -2.32. The Morgan fingerprint density at radius 3 is 2.96 bits per heavy atom. The molecule has 0 unspecified atom stereocenters. The highest BCUT2D eigenvalue weighted by Gasteiger charge is 2.23. The van der Waals surface area contributed by atoms with E-state index < -0.39 is 0 Å². The number of para-hydroxylation sites is 1. The summed E-state index contributed by atoms with van der Waals surface area (Å²) in [5.74, 6) is 0.601. The SMILES string of the molecule is Cn1c(=S)[nH]c2cc(C(=O)N[C@@H]3CCOc4ccccc43)ccc2c1=O. The first-order chi connectivity index (χ1) is 12.5. The molecular weight excluding hydrogens is 350 g/mol. The van der Waals surface area contributed by atoms with Crippen LogP contribution in [0.2, 0.25) is 0 Å². The second kappa shape index (κ2) is 6.42. The lowest BCUT2D eigenvalue weighted by Gasteiger charge is -2.26. The number of H-pyrrole nitrogens is 1. The molecule has 6 nitrogen and oxygen atoms in total. The zero-order valence-corrected chi connectivity index (χ0v) is 14.9. The van der Waals surface area contributed by atoms with Gasteiger partial charge in [-0.05, 0) is 36.5 Å². The topological polar surface area (TPSA) is 76.1 Å². The van der Waals surface area contributed by atoms with Crippen molar-refractivity contribution in [3.8, 4) is 5.75 Å². The minimum atomic E-state index is -0.200. The molecule has 0 fully saturated rings. The molecule has 2 heterocycles. The molecule has 1 aliphatic heterocycles. The lowest BCUT2D eigenvalue weighted by atomic mass is 10.00. The van der Waals surface area contributed by atoms with Crippen molar-refractivity contribution in [1.29, 1.82) is 0 Å². The first kappa shape index (κ1) is 16.5. The number of rotatable bonds is 2. The van der Waals surface area contributed by atoms with E-state index in [1.807, 2.05) is 24.3 Å². The van der Waals surface area contributed by atoms with Crippen molar-refractivity contribution in [2.24, 2.45) is 7.05 Å². The molecule has 4 rings (SSSR count). The molecule has 1 amide bonds. The molecule has 7 heteroatoms. The Kier molecular flexibility index (Phi) is 4.08. The molecule has 0 bridgehead atoms. The van der Waals surface area contributed by atoms with Crippen LogP contribution in [0.15, 0.2) is 47.3 Å². The maximum atomic E-state index is 12.7. The molecule has 0 spiro atoms. The van der Waals surface area contributed by atoms with Crippen LogP contribution in [-0.4, -0.2) is 22.1 Å². The molecule has 0 saturated heterocycles. The number of nitrogens with zero attached hydrogens (tertiary/aromatic N) is 1. The van der Waals surface area contributed by atoms with Gasteiger partial charge in [-0.15, -0.1) is 0 Å². The fraction of sp³-hybridized carbons (Fsp3) is 0.211. The van der Waals surface area contributed by atoms with Crippen molar-refractivity contribution in [3.05, 3.63) is 68.7 Å². The van der Waals surface area contributed by atoms with Crippen LogP contribution >= 0.6 is 12.2 Å². The van der Waals surface area contributed by atoms with Crippen LogP contribution in [0.3, 0.4) is 0 Å². The van der Waals surface area contributed by atoms with Gasteiger partial charge in [0.15, 0.2) is 4.77 Å². The first-order valence-corrected chi connectivity index (χ1v) is 8.71. The van der Waals surface area contributed by atoms with Crippen LogP contribution in [0.5, 0.6) is 5.75 Å². The van der Waals surface area contributed by atoms with E-state index in [9.17, 15) is 9.59 Å². The molecule has 1 atom stereocenters. The van der Waals surface area contributed by atoms with Gasteiger partial charge in [-0.1, -0.05) is 18.2 Å². The fourth-order valence-corrected chi connectivity index (χ4v) is 3.37. The Morgan fingerprint density at radius 2 is 2.12 bits per heavy atom. The van der Waals surface area contributed by atoms with Crippen LogP contribution in [-0.2, 0) is 7.05 Å². The monoisotopic (exact) mass is 367 g/mol. The molecule has 132 valence electrons. The molecule has 1 aliphatic rings. The quantitative estimate of drug-likeness (QED) is 0.683. The smallest absolute Gasteiger partial charge is 0.261 e. The average Bonchev–Trinajstić information content (AvgIpc) is 2.66. The first-order valence-electron chi connectivity index (χ1n) is 8.30. The van der Waals surface area contributed by atoms with Crippen molar-refractivity contribution in [2.45, 2.75) is 12.5 Å².